The van der Waals surface area contributed by atoms with Gasteiger partial charge >= 0.3 is 0 Å². The number of para-hydroxylation sites is 1. The van der Waals surface area contributed by atoms with Crippen LogP contribution in [0.5, 0.6) is 0 Å². The predicted molar refractivity (Wildman–Crippen MR) is 92.4 cm³/mol. The first kappa shape index (κ1) is 15.3. The molecule has 5 nitrogen and oxygen atoms in total. The molecule has 0 bridgehead atoms. The first-order chi connectivity index (χ1) is 11.7. The summed E-state index contributed by atoms with van der Waals surface area (Å²) in [5.74, 6) is 1.62. The zero-order chi connectivity index (χ0) is 16.5. The fourth-order valence-electron chi connectivity index (χ4n) is 3.27. The van der Waals surface area contributed by atoms with Crippen LogP contribution in [0.25, 0.3) is 5.69 Å². The molecule has 0 spiro atoms. The van der Waals surface area contributed by atoms with Gasteiger partial charge in [-0.05, 0) is 43.9 Å². The van der Waals surface area contributed by atoms with Crippen molar-refractivity contribution in [1.82, 2.24) is 14.9 Å². The van der Waals surface area contributed by atoms with Crippen molar-refractivity contribution in [2.45, 2.75) is 37.7 Å². The Morgan fingerprint density at radius 1 is 1.21 bits per heavy atom. The Hall–Kier alpha value is -2.21. The van der Waals surface area contributed by atoms with Gasteiger partial charge in [-0.25, -0.2) is 4.68 Å². The normalized spacial score (nSPS) is 14.7. The molecule has 0 radical (unpaired) electrons. The molecule has 1 aliphatic rings. The average Bonchev–Trinajstić information content (AvgIpc) is 3.27. The quantitative estimate of drug-likeness (QED) is 0.715. The fourth-order valence-corrected chi connectivity index (χ4v) is 4.37. The summed E-state index contributed by atoms with van der Waals surface area (Å²) in [6.07, 6.45) is 3.20. The highest BCUT2D eigenvalue weighted by molar-refractivity contribution is 7.83. The van der Waals surface area contributed by atoms with Gasteiger partial charge in [-0.3, -0.25) is 4.21 Å². The van der Waals surface area contributed by atoms with E-state index in [1.165, 1.54) is 11.3 Å². The van der Waals surface area contributed by atoms with Gasteiger partial charge in [-0.1, -0.05) is 23.4 Å². The number of aromatic nitrogens is 3. The Labute approximate surface area is 143 Å². The van der Waals surface area contributed by atoms with Crippen LogP contribution in [0.3, 0.4) is 0 Å². The van der Waals surface area contributed by atoms with Gasteiger partial charge in [-0.2, -0.15) is 5.10 Å². The van der Waals surface area contributed by atoms with Crippen molar-refractivity contribution in [2.75, 3.05) is 0 Å². The summed E-state index contributed by atoms with van der Waals surface area (Å²) in [4.78, 5) is 0. The van der Waals surface area contributed by atoms with Gasteiger partial charge in [0.25, 0.3) is 0 Å². The van der Waals surface area contributed by atoms with Crippen molar-refractivity contribution in [3.8, 4) is 5.69 Å². The Bertz CT molecular complexity index is 883. The highest BCUT2D eigenvalue weighted by atomic mass is 32.2. The van der Waals surface area contributed by atoms with E-state index in [0.717, 1.165) is 42.1 Å². The van der Waals surface area contributed by atoms with Crippen molar-refractivity contribution < 1.29 is 8.73 Å². The van der Waals surface area contributed by atoms with Crippen LogP contribution in [0.4, 0.5) is 0 Å². The van der Waals surface area contributed by atoms with Crippen molar-refractivity contribution in [2.24, 2.45) is 0 Å². The summed E-state index contributed by atoms with van der Waals surface area (Å²) < 4.78 is 19.6. The van der Waals surface area contributed by atoms with Gasteiger partial charge in [0, 0.05) is 22.6 Å². The average molecular weight is 341 g/mol. The summed E-state index contributed by atoms with van der Waals surface area (Å²) in [6, 6.07) is 12.0. The predicted octanol–water partition coefficient (Wildman–Crippen LogP) is 3.11. The van der Waals surface area contributed by atoms with Gasteiger partial charge in [0.05, 0.1) is 28.6 Å². The SMILES string of the molecule is Cc1cc(C[S@@](=O)Cc2nn(-c3ccccc3)c3c2CCC3)no1. The Balaban J connectivity index is 1.59. The Kier molecular flexibility index (Phi) is 4.06. The third-order valence-electron chi connectivity index (χ3n) is 4.30. The molecule has 2 heterocycles. The molecule has 1 atom stereocenters. The zero-order valence-corrected chi connectivity index (χ0v) is 14.4. The van der Waals surface area contributed by atoms with E-state index in [9.17, 15) is 4.21 Å². The van der Waals surface area contributed by atoms with Crippen molar-refractivity contribution in [3.05, 3.63) is 64.8 Å². The van der Waals surface area contributed by atoms with Crippen LogP contribution in [0.15, 0.2) is 40.9 Å². The maximum atomic E-state index is 12.5. The van der Waals surface area contributed by atoms with Gasteiger partial charge in [0.15, 0.2) is 0 Å². The molecule has 6 heteroatoms. The number of nitrogens with zero attached hydrogens (tertiary/aromatic N) is 3. The fraction of sp³-hybridized carbons (Fsp3) is 0.333. The van der Waals surface area contributed by atoms with Crippen molar-refractivity contribution in [3.63, 3.8) is 0 Å². The minimum Gasteiger partial charge on any atom is -0.361 e. The molecule has 0 saturated heterocycles. The third-order valence-corrected chi connectivity index (χ3v) is 5.51. The lowest BCUT2D eigenvalue weighted by Crippen LogP contribution is -2.04. The molecular formula is C18H19N3O2S. The van der Waals surface area contributed by atoms with Gasteiger partial charge in [-0.15, -0.1) is 0 Å². The van der Waals surface area contributed by atoms with Crippen LogP contribution >= 0.6 is 0 Å². The molecule has 0 N–H and O–H groups in total. The van der Waals surface area contributed by atoms with E-state index < -0.39 is 10.8 Å². The molecule has 0 unspecified atom stereocenters. The number of fused-ring (bicyclic) bond motifs is 1. The second-order valence-corrected chi connectivity index (χ2v) is 7.59. The molecule has 124 valence electrons. The van der Waals surface area contributed by atoms with Crippen LogP contribution in [0, 0.1) is 6.92 Å². The maximum absolute atomic E-state index is 12.5. The van der Waals surface area contributed by atoms with Crippen LogP contribution in [0.2, 0.25) is 0 Å². The second-order valence-electron chi connectivity index (χ2n) is 6.13. The number of hydrogen-bond acceptors (Lipinski definition) is 4. The Morgan fingerprint density at radius 3 is 2.79 bits per heavy atom. The topological polar surface area (TPSA) is 60.9 Å². The van der Waals surface area contributed by atoms with E-state index in [1.54, 1.807) is 0 Å². The Morgan fingerprint density at radius 2 is 2.04 bits per heavy atom. The molecule has 0 aliphatic heterocycles. The molecule has 0 saturated carbocycles. The third kappa shape index (κ3) is 2.94. The zero-order valence-electron chi connectivity index (χ0n) is 13.6. The van der Waals surface area contributed by atoms with Gasteiger partial charge < -0.3 is 4.52 Å². The van der Waals surface area contributed by atoms with Crippen molar-refractivity contribution in [1.29, 1.82) is 0 Å². The van der Waals surface area contributed by atoms with Gasteiger partial charge in [0.1, 0.15) is 5.76 Å². The van der Waals surface area contributed by atoms with Gasteiger partial charge in [0.2, 0.25) is 0 Å². The summed E-state index contributed by atoms with van der Waals surface area (Å²) in [7, 11) is -1.04. The molecule has 1 aromatic carbocycles. The monoisotopic (exact) mass is 341 g/mol. The first-order valence-corrected chi connectivity index (χ1v) is 9.62. The molecule has 2 aromatic heterocycles. The maximum Gasteiger partial charge on any atom is 0.133 e. The minimum atomic E-state index is -1.04. The smallest absolute Gasteiger partial charge is 0.133 e. The van der Waals surface area contributed by atoms with E-state index >= 15 is 0 Å². The van der Waals surface area contributed by atoms with Crippen LogP contribution in [-0.2, 0) is 35.1 Å². The number of hydrogen-bond donors (Lipinski definition) is 0. The number of aryl methyl sites for hydroxylation is 1. The van der Waals surface area contributed by atoms with E-state index in [0.29, 0.717) is 11.5 Å². The standard InChI is InChI=1S/C18H19N3O2S/c1-13-10-14(20-23-13)11-24(22)12-17-16-8-5-9-18(16)21(19-17)15-6-3-2-4-7-15/h2-4,6-7,10H,5,8-9,11-12H2,1H3/t24-/m1/s1. The second kappa shape index (κ2) is 6.36. The molecule has 0 amide bonds. The summed E-state index contributed by atoms with van der Waals surface area (Å²) in [5.41, 5.74) is 5.32. The van der Waals surface area contributed by atoms with E-state index in [1.807, 2.05) is 35.9 Å². The summed E-state index contributed by atoms with van der Waals surface area (Å²) in [6.45, 7) is 1.84. The number of benzene rings is 1. The lowest BCUT2D eigenvalue weighted by molar-refractivity contribution is 0.392. The molecule has 0 fully saturated rings. The van der Waals surface area contributed by atoms with Crippen LogP contribution in [0.1, 0.15) is 34.8 Å². The van der Waals surface area contributed by atoms with Crippen LogP contribution < -0.4 is 0 Å². The van der Waals surface area contributed by atoms with Crippen molar-refractivity contribution >= 4 is 10.8 Å². The minimum absolute atomic E-state index is 0.407. The molecular weight excluding hydrogens is 322 g/mol. The molecule has 3 aromatic rings. The van der Waals surface area contributed by atoms with E-state index in [4.69, 9.17) is 9.62 Å². The molecule has 4 rings (SSSR count). The number of rotatable bonds is 5. The highest BCUT2D eigenvalue weighted by Gasteiger charge is 2.24. The lowest BCUT2D eigenvalue weighted by Gasteiger charge is -2.04. The molecule has 1 aliphatic carbocycles. The van der Waals surface area contributed by atoms with E-state index in [-0.39, 0.29) is 0 Å². The molecule has 24 heavy (non-hydrogen) atoms. The van der Waals surface area contributed by atoms with Crippen LogP contribution in [-0.4, -0.2) is 19.1 Å². The lowest BCUT2D eigenvalue weighted by atomic mass is 10.2. The first-order valence-electron chi connectivity index (χ1n) is 8.13. The summed E-state index contributed by atoms with van der Waals surface area (Å²) >= 11 is 0. The summed E-state index contributed by atoms with van der Waals surface area (Å²) in [5, 5.41) is 8.70. The highest BCUT2D eigenvalue weighted by Crippen LogP contribution is 2.28. The van der Waals surface area contributed by atoms with E-state index in [2.05, 4.69) is 17.3 Å². The largest absolute Gasteiger partial charge is 0.361 e.